The van der Waals surface area contributed by atoms with E-state index in [-0.39, 0.29) is 18.1 Å². The number of benzene rings is 2. The average Bonchev–Trinajstić information content (AvgIpc) is 2.64. The van der Waals surface area contributed by atoms with E-state index in [1.54, 1.807) is 18.2 Å². The predicted octanol–water partition coefficient (Wildman–Crippen LogP) is 4.66. The summed E-state index contributed by atoms with van der Waals surface area (Å²) in [6, 6.07) is 9.13. The van der Waals surface area contributed by atoms with Gasteiger partial charge in [-0.3, -0.25) is 4.79 Å². The number of aliphatic carboxylic acids is 1. The number of rotatable bonds is 10. The van der Waals surface area contributed by atoms with Crippen LogP contribution in [0.4, 0.5) is 4.39 Å². The Morgan fingerprint density at radius 2 is 2.00 bits per heavy atom. The molecule has 2 aromatic carbocycles. The summed E-state index contributed by atoms with van der Waals surface area (Å²) in [6.45, 7) is 4.30. The molecular formula is C21H25ClFNO4. The fourth-order valence-electron chi connectivity index (χ4n) is 2.75. The third-order valence-corrected chi connectivity index (χ3v) is 4.57. The fraction of sp³-hybridized carbons (Fsp3) is 0.381. The van der Waals surface area contributed by atoms with Crippen LogP contribution in [-0.2, 0) is 17.9 Å². The van der Waals surface area contributed by atoms with Crippen LogP contribution >= 0.6 is 11.6 Å². The topological polar surface area (TPSA) is 67.8 Å². The number of hydrogen-bond acceptors (Lipinski definition) is 4. The summed E-state index contributed by atoms with van der Waals surface area (Å²) in [5.74, 6) is -0.117. The minimum Gasteiger partial charge on any atom is -0.493 e. The number of ether oxygens (including phenoxy) is 2. The lowest BCUT2D eigenvalue weighted by molar-refractivity contribution is -0.140. The van der Waals surface area contributed by atoms with Crippen molar-refractivity contribution in [1.82, 2.24) is 5.32 Å². The van der Waals surface area contributed by atoms with Gasteiger partial charge in [-0.05, 0) is 42.2 Å². The van der Waals surface area contributed by atoms with Crippen molar-refractivity contribution in [2.24, 2.45) is 5.92 Å². The normalized spacial score (nSPS) is 12.1. The summed E-state index contributed by atoms with van der Waals surface area (Å²) < 4.78 is 24.9. The van der Waals surface area contributed by atoms with Gasteiger partial charge in [-0.2, -0.15) is 0 Å². The molecule has 2 aromatic rings. The maximum absolute atomic E-state index is 13.9. The molecule has 0 fully saturated rings. The predicted molar refractivity (Wildman–Crippen MR) is 106 cm³/mol. The van der Waals surface area contributed by atoms with Gasteiger partial charge in [0.05, 0.1) is 12.1 Å². The van der Waals surface area contributed by atoms with E-state index in [4.69, 9.17) is 21.1 Å². The summed E-state index contributed by atoms with van der Waals surface area (Å²) in [5, 5.41) is 12.7. The first kappa shape index (κ1) is 22.0. The van der Waals surface area contributed by atoms with Gasteiger partial charge in [0.15, 0.2) is 11.5 Å². The molecule has 152 valence electrons. The lowest BCUT2D eigenvalue weighted by Crippen LogP contribution is -2.37. The van der Waals surface area contributed by atoms with Crippen LogP contribution in [0.1, 0.15) is 31.4 Å². The van der Waals surface area contributed by atoms with E-state index in [2.05, 4.69) is 5.32 Å². The smallest absolute Gasteiger partial charge is 0.320 e. The van der Waals surface area contributed by atoms with Gasteiger partial charge in [-0.15, -0.1) is 0 Å². The molecule has 0 saturated heterocycles. The molecule has 7 heteroatoms. The zero-order chi connectivity index (χ0) is 20.7. The number of methoxy groups -OCH3 is 1. The van der Waals surface area contributed by atoms with E-state index >= 15 is 0 Å². The average molecular weight is 410 g/mol. The molecule has 0 amide bonds. The highest BCUT2D eigenvalue weighted by molar-refractivity contribution is 6.31. The number of nitrogens with one attached hydrogen (secondary N) is 1. The Hall–Kier alpha value is -2.31. The first-order valence-electron chi connectivity index (χ1n) is 9.00. The summed E-state index contributed by atoms with van der Waals surface area (Å²) in [6.07, 6.45) is 0.539. The second-order valence-electron chi connectivity index (χ2n) is 6.88. The SMILES string of the molecule is COc1cc(CNC(CC(C)C)C(=O)O)ccc1OCc1c(F)cccc1Cl. The minimum absolute atomic E-state index is 0.0328. The monoisotopic (exact) mass is 409 g/mol. The fourth-order valence-corrected chi connectivity index (χ4v) is 2.96. The molecule has 5 nitrogen and oxygen atoms in total. The Labute approximate surface area is 169 Å². The van der Waals surface area contributed by atoms with Gasteiger partial charge in [0, 0.05) is 12.1 Å². The number of halogens is 2. The Morgan fingerprint density at radius 1 is 1.25 bits per heavy atom. The molecule has 0 radical (unpaired) electrons. The highest BCUT2D eigenvalue weighted by atomic mass is 35.5. The molecule has 2 N–H and O–H groups in total. The molecule has 0 aliphatic rings. The number of carboxylic acids is 1. The highest BCUT2D eigenvalue weighted by Gasteiger charge is 2.18. The molecule has 1 unspecified atom stereocenters. The van der Waals surface area contributed by atoms with Gasteiger partial charge in [0.2, 0.25) is 0 Å². The van der Waals surface area contributed by atoms with Crippen LogP contribution in [-0.4, -0.2) is 24.2 Å². The molecule has 0 saturated carbocycles. The van der Waals surface area contributed by atoms with E-state index in [1.165, 1.54) is 19.2 Å². The molecule has 1 atom stereocenters. The van der Waals surface area contributed by atoms with Crippen molar-refractivity contribution < 1.29 is 23.8 Å². The van der Waals surface area contributed by atoms with Crippen molar-refractivity contribution in [1.29, 1.82) is 0 Å². The second-order valence-corrected chi connectivity index (χ2v) is 7.28. The van der Waals surface area contributed by atoms with Crippen LogP contribution in [0.3, 0.4) is 0 Å². The van der Waals surface area contributed by atoms with Gasteiger partial charge < -0.3 is 19.9 Å². The maximum atomic E-state index is 13.9. The Morgan fingerprint density at radius 3 is 2.61 bits per heavy atom. The van der Waals surface area contributed by atoms with Gasteiger partial charge in [-0.25, -0.2) is 4.39 Å². The van der Waals surface area contributed by atoms with Crippen molar-refractivity contribution in [2.45, 2.75) is 39.5 Å². The van der Waals surface area contributed by atoms with E-state index in [0.29, 0.717) is 29.5 Å². The Kier molecular flexibility index (Phi) is 8.08. The lowest BCUT2D eigenvalue weighted by atomic mass is 10.0. The summed E-state index contributed by atoms with van der Waals surface area (Å²) >= 11 is 6.02. The summed E-state index contributed by atoms with van der Waals surface area (Å²) in [4.78, 5) is 11.4. The van der Waals surface area contributed by atoms with Crippen molar-refractivity contribution in [3.63, 3.8) is 0 Å². The molecule has 0 bridgehead atoms. The first-order valence-corrected chi connectivity index (χ1v) is 9.38. The van der Waals surface area contributed by atoms with Crippen LogP contribution in [0.25, 0.3) is 0 Å². The Bertz CT molecular complexity index is 793. The lowest BCUT2D eigenvalue weighted by Gasteiger charge is -2.17. The summed E-state index contributed by atoms with van der Waals surface area (Å²) in [5.41, 5.74) is 1.12. The molecule has 0 aromatic heterocycles. The van der Waals surface area contributed by atoms with E-state index in [0.717, 1.165) is 5.56 Å². The third kappa shape index (κ3) is 6.11. The first-order chi connectivity index (χ1) is 13.3. The zero-order valence-electron chi connectivity index (χ0n) is 16.2. The van der Waals surface area contributed by atoms with Crippen molar-refractivity contribution in [3.05, 3.63) is 58.4 Å². The minimum atomic E-state index is -0.873. The number of carbonyl (C=O) groups is 1. The van der Waals surface area contributed by atoms with Crippen molar-refractivity contribution in [2.75, 3.05) is 7.11 Å². The van der Waals surface area contributed by atoms with E-state index in [9.17, 15) is 14.3 Å². The van der Waals surface area contributed by atoms with Crippen LogP contribution in [0.5, 0.6) is 11.5 Å². The standard InChI is InChI=1S/C21H25ClFNO4/c1-13(2)9-18(21(25)26)24-11-14-7-8-19(20(10-14)27-3)28-12-15-16(22)5-4-6-17(15)23/h4-8,10,13,18,24H,9,11-12H2,1-3H3,(H,25,26). The van der Waals surface area contributed by atoms with Gasteiger partial charge in [-0.1, -0.05) is 37.6 Å². The number of carboxylic acid groups (broad SMARTS) is 1. The second kappa shape index (κ2) is 10.3. The number of hydrogen-bond donors (Lipinski definition) is 2. The van der Waals surface area contributed by atoms with Gasteiger partial charge in [0.1, 0.15) is 18.5 Å². The molecule has 28 heavy (non-hydrogen) atoms. The van der Waals surface area contributed by atoms with Crippen LogP contribution in [0.2, 0.25) is 5.02 Å². The van der Waals surface area contributed by atoms with Crippen LogP contribution < -0.4 is 14.8 Å². The van der Waals surface area contributed by atoms with Crippen LogP contribution in [0, 0.1) is 11.7 Å². The summed E-state index contributed by atoms with van der Waals surface area (Å²) in [7, 11) is 1.51. The van der Waals surface area contributed by atoms with Gasteiger partial charge >= 0.3 is 5.97 Å². The highest BCUT2D eigenvalue weighted by Crippen LogP contribution is 2.30. The Balaban J connectivity index is 2.06. The molecule has 0 aliphatic carbocycles. The zero-order valence-corrected chi connectivity index (χ0v) is 16.9. The molecular weight excluding hydrogens is 385 g/mol. The van der Waals surface area contributed by atoms with Crippen LogP contribution in [0.15, 0.2) is 36.4 Å². The molecule has 2 rings (SSSR count). The van der Waals surface area contributed by atoms with E-state index in [1.807, 2.05) is 19.9 Å². The molecule has 0 aliphatic heterocycles. The van der Waals surface area contributed by atoms with Gasteiger partial charge in [0.25, 0.3) is 0 Å². The van der Waals surface area contributed by atoms with Crippen molar-refractivity contribution >= 4 is 17.6 Å². The molecule has 0 spiro atoms. The largest absolute Gasteiger partial charge is 0.493 e. The van der Waals surface area contributed by atoms with Crippen molar-refractivity contribution in [3.8, 4) is 11.5 Å². The molecule has 0 heterocycles. The quantitative estimate of drug-likeness (QED) is 0.597. The maximum Gasteiger partial charge on any atom is 0.320 e. The third-order valence-electron chi connectivity index (χ3n) is 4.22. The van der Waals surface area contributed by atoms with E-state index < -0.39 is 17.8 Å².